The van der Waals surface area contributed by atoms with Crippen molar-refractivity contribution in [2.45, 2.75) is 58.7 Å². The average Bonchev–Trinajstić information content (AvgIpc) is 2.55. The third-order valence-corrected chi connectivity index (χ3v) is 3.73. The zero-order chi connectivity index (χ0) is 20.8. The predicted octanol–water partition coefficient (Wildman–Crippen LogP) is 1.85. The zero-order valence-electron chi connectivity index (χ0n) is 16.4. The topological polar surface area (TPSA) is 122 Å². The lowest BCUT2D eigenvalue weighted by Gasteiger charge is -2.30. The van der Waals surface area contributed by atoms with Gasteiger partial charge in [0.05, 0.1) is 0 Å². The number of rotatable bonds is 7. The van der Waals surface area contributed by atoms with Crippen LogP contribution in [0.3, 0.4) is 0 Å². The van der Waals surface area contributed by atoms with Crippen LogP contribution in [-0.4, -0.2) is 45.9 Å². The number of carbonyl (C=O) groups excluding carboxylic acids is 3. The van der Waals surface area contributed by atoms with Crippen molar-refractivity contribution in [2.24, 2.45) is 11.7 Å². The monoisotopic (exact) mass is 379 g/mol. The van der Waals surface area contributed by atoms with E-state index in [1.165, 1.54) is 0 Å². The minimum absolute atomic E-state index is 0.0513. The number of nitrogens with zero attached hydrogens (tertiary/aromatic N) is 1. The molecule has 0 fully saturated rings. The van der Waals surface area contributed by atoms with Gasteiger partial charge in [-0.3, -0.25) is 14.8 Å². The second-order valence-corrected chi connectivity index (χ2v) is 7.66. The van der Waals surface area contributed by atoms with Crippen molar-refractivity contribution in [1.29, 1.82) is 0 Å². The summed E-state index contributed by atoms with van der Waals surface area (Å²) < 4.78 is 5.16. The third kappa shape index (κ3) is 7.26. The predicted molar refractivity (Wildman–Crippen MR) is 99.8 cm³/mol. The maximum absolute atomic E-state index is 12.7. The Hall–Kier alpha value is -2.61. The lowest BCUT2D eigenvalue weighted by atomic mass is 10.0. The van der Waals surface area contributed by atoms with E-state index < -0.39 is 35.6 Å². The first-order valence-corrected chi connectivity index (χ1v) is 8.77. The number of amides is 3. The second kappa shape index (κ2) is 9.36. The van der Waals surface area contributed by atoms with Crippen LogP contribution in [0.1, 0.15) is 40.2 Å². The number of ether oxygens (including phenoxy) is 1. The molecule has 0 aromatic heterocycles. The Labute approximate surface area is 159 Å². The number of alkyl carbamates (subject to hydrolysis) is 1. The highest BCUT2D eigenvalue weighted by atomic mass is 16.6. The molecule has 0 saturated heterocycles. The maximum Gasteiger partial charge on any atom is 0.408 e. The highest BCUT2D eigenvalue weighted by molar-refractivity contribution is 5.90. The van der Waals surface area contributed by atoms with Gasteiger partial charge in [-0.25, -0.2) is 9.86 Å². The van der Waals surface area contributed by atoms with Crippen LogP contribution in [0, 0.1) is 5.92 Å². The van der Waals surface area contributed by atoms with Gasteiger partial charge in [-0.15, -0.1) is 0 Å². The van der Waals surface area contributed by atoms with Gasteiger partial charge in [0.25, 0.3) is 5.91 Å². The van der Waals surface area contributed by atoms with Crippen molar-refractivity contribution < 1.29 is 24.3 Å². The fourth-order valence-electron chi connectivity index (χ4n) is 2.39. The molecule has 0 saturated carbocycles. The van der Waals surface area contributed by atoms with Crippen molar-refractivity contribution in [3.05, 3.63) is 35.9 Å². The van der Waals surface area contributed by atoms with Crippen LogP contribution in [0.5, 0.6) is 0 Å². The van der Waals surface area contributed by atoms with E-state index in [4.69, 9.17) is 10.5 Å². The summed E-state index contributed by atoms with van der Waals surface area (Å²) in [7, 11) is 0. The summed E-state index contributed by atoms with van der Waals surface area (Å²) in [5.74, 6) is -2.05. The number of hydrogen-bond acceptors (Lipinski definition) is 5. The van der Waals surface area contributed by atoms with E-state index in [-0.39, 0.29) is 12.3 Å². The first-order valence-electron chi connectivity index (χ1n) is 8.77. The van der Waals surface area contributed by atoms with Crippen molar-refractivity contribution in [3.8, 4) is 0 Å². The van der Waals surface area contributed by atoms with Gasteiger partial charge in [0.1, 0.15) is 17.7 Å². The molecule has 0 aliphatic heterocycles. The zero-order valence-corrected chi connectivity index (χ0v) is 16.4. The minimum Gasteiger partial charge on any atom is -0.444 e. The Morgan fingerprint density at radius 1 is 1.19 bits per heavy atom. The lowest BCUT2D eigenvalue weighted by Crippen LogP contribution is -2.56. The van der Waals surface area contributed by atoms with Gasteiger partial charge in [0.2, 0.25) is 5.91 Å². The number of carbonyl (C=O) groups is 3. The van der Waals surface area contributed by atoms with Crippen LogP contribution in [0.25, 0.3) is 0 Å². The van der Waals surface area contributed by atoms with E-state index in [9.17, 15) is 19.6 Å². The molecule has 1 aromatic carbocycles. The fourth-order valence-corrected chi connectivity index (χ4v) is 2.39. The molecular formula is C19H29N3O5. The largest absolute Gasteiger partial charge is 0.444 e. The summed E-state index contributed by atoms with van der Waals surface area (Å²) in [6, 6.07) is 6.53. The third-order valence-electron chi connectivity index (χ3n) is 3.73. The fraction of sp³-hybridized carbons (Fsp3) is 0.526. The molecule has 27 heavy (non-hydrogen) atoms. The molecule has 1 aromatic rings. The van der Waals surface area contributed by atoms with Crippen LogP contribution in [0.15, 0.2) is 30.3 Å². The van der Waals surface area contributed by atoms with Gasteiger partial charge in [-0.05, 0) is 32.3 Å². The molecule has 0 unspecified atom stereocenters. The number of nitrogens with one attached hydrogen (secondary N) is 1. The summed E-state index contributed by atoms with van der Waals surface area (Å²) in [6.07, 6.45) is -0.739. The first-order chi connectivity index (χ1) is 12.4. The van der Waals surface area contributed by atoms with Gasteiger partial charge in [-0.1, -0.05) is 44.2 Å². The summed E-state index contributed by atoms with van der Waals surface area (Å²) >= 11 is 0. The molecule has 4 N–H and O–H groups in total. The van der Waals surface area contributed by atoms with Gasteiger partial charge in [0, 0.05) is 6.42 Å². The Balaban J connectivity index is 2.94. The molecule has 0 bridgehead atoms. The van der Waals surface area contributed by atoms with Crippen LogP contribution in [-0.2, 0) is 20.7 Å². The molecule has 2 atom stereocenters. The van der Waals surface area contributed by atoms with E-state index in [1.54, 1.807) is 58.9 Å². The van der Waals surface area contributed by atoms with Gasteiger partial charge in [-0.2, -0.15) is 0 Å². The standard InChI is InChI=1S/C19H29N3O5/c1-12(2)15(21-18(25)27-19(3,4)5)17(24)22(26)14(16(20)23)11-13-9-7-6-8-10-13/h6-10,12,14-15,26H,11H2,1-5H3,(H2,20,23)(H,21,25)/t14-,15-/m0/s1. The van der Waals surface area contributed by atoms with Crippen molar-refractivity contribution in [2.75, 3.05) is 0 Å². The molecule has 1 rings (SSSR count). The van der Waals surface area contributed by atoms with E-state index in [0.29, 0.717) is 5.06 Å². The molecule has 0 aliphatic rings. The number of hydrogen-bond donors (Lipinski definition) is 3. The summed E-state index contributed by atoms with van der Waals surface area (Å²) in [5.41, 5.74) is 5.37. The van der Waals surface area contributed by atoms with E-state index in [0.717, 1.165) is 5.56 Å². The normalized spacial score (nSPS) is 13.6. The van der Waals surface area contributed by atoms with Crippen LogP contribution >= 0.6 is 0 Å². The molecular weight excluding hydrogens is 350 g/mol. The van der Waals surface area contributed by atoms with Crippen LogP contribution in [0.4, 0.5) is 4.79 Å². The van der Waals surface area contributed by atoms with Crippen molar-refractivity contribution in [1.82, 2.24) is 10.4 Å². The van der Waals surface area contributed by atoms with Crippen LogP contribution < -0.4 is 11.1 Å². The Bertz CT molecular complexity index is 655. The van der Waals surface area contributed by atoms with Crippen LogP contribution in [0.2, 0.25) is 0 Å². The molecule has 8 nitrogen and oxygen atoms in total. The highest BCUT2D eigenvalue weighted by Gasteiger charge is 2.35. The Kier molecular flexibility index (Phi) is 7.78. The molecule has 8 heteroatoms. The molecule has 0 aliphatic carbocycles. The number of nitrogens with two attached hydrogens (primary N) is 1. The summed E-state index contributed by atoms with van der Waals surface area (Å²) in [4.78, 5) is 36.5. The molecule has 150 valence electrons. The molecule has 0 heterocycles. The van der Waals surface area contributed by atoms with Gasteiger partial charge < -0.3 is 15.8 Å². The smallest absolute Gasteiger partial charge is 0.408 e. The van der Waals surface area contributed by atoms with Crippen molar-refractivity contribution >= 4 is 17.9 Å². The SMILES string of the molecule is CC(C)[C@H](NC(=O)OC(C)(C)C)C(=O)N(O)[C@@H](Cc1ccccc1)C(N)=O. The van der Waals surface area contributed by atoms with E-state index in [1.807, 2.05) is 6.07 Å². The second-order valence-electron chi connectivity index (χ2n) is 7.66. The Morgan fingerprint density at radius 3 is 2.19 bits per heavy atom. The number of benzene rings is 1. The Morgan fingerprint density at radius 2 is 1.74 bits per heavy atom. The first kappa shape index (κ1) is 22.4. The number of hydroxylamine groups is 2. The van der Waals surface area contributed by atoms with Crippen molar-refractivity contribution in [3.63, 3.8) is 0 Å². The lowest BCUT2D eigenvalue weighted by molar-refractivity contribution is -0.182. The molecule has 0 spiro atoms. The number of primary amides is 1. The van der Waals surface area contributed by atoms with Gasteiger partial charge >= 0.3 is 6.09 Å². The van der Waals surface area contributed by atoms with E-state index in [2.05, 4.69) is 5.32 Å². The maximum atomic E-state index is 12.7. The highest BCUT2D eigenvalue weighted by Crippen LogP contribution is 2.13. The summed E-state index contributed by atoms with van der Waals surface area (Å²) in [5, 5.41) is 13.1. The minimum atomic E-state index is -1.26. The van der Waals surface area contributed by atoms with E-state index >= 15 is 0 Å². The quantitative estimate of drug-likeness (QED) is 0.493. The average molecular weight is 379 g/mol. The summed E-state index contributed by atoms with van der Waals surface area (Å²) in [6.45, 7) is 8.48. The molecule has 0 radical (unpaired) electrons. The molecule has 3 amide bonds. The van der Waals surface area contributed by atoms with Gasteiger partial charge in [0.15, 0.2) is 0 Å².